The first kappa shape index (κ1) is 22.2. The number of ether oxygens (including phenoxy) is 2. The van der Waals surface area contributed by atoms with E-state index in [0.29, 0.717) is 17.7 Å². The van der Waals surface area contributed by atoms with Crippen molar-refractivity contribution in [3.05, 3.63) is 41.1 Å². The number of hydrogen-bond donors (Lipinski definition) is 2. The summed E-state index contributed by atoms with van der Waals surface area (Å²) in [5.74, 6) is 0.434. The minimum absolute atomic E-state index is 0.234. The third kappa shape index (κ3) is 5.77. The molecule has 6 nitrogen and oxygen atoms in total. The summed E-state index contributed by atoms with van der Waals surface area (Å²) in [6.45, 7) is 5.73. The molecular weight excluding hydrogens is 380 g/mol. The van der Waals surface area contributed by atoms with E-state index in [2.05, 4.69) is 17.6 Å². The largest absolute Gasteiger partial charge is 0.490 e. The van der Waals surface area contributed by atoms with Crippen LogP contribution in [0.2, 0.25) is 0 Å². The van der Waals surface area contributed by atoms with Crippen LogP contribution in [0.5, 0.6) is 5.75 Å². The number of benzene rings is 1. The normalized spacial score (nSPS) is 20.0. The molecule has 164 valence electrons. The summed E-state index contributed by atoms with van der Waals surface area (Å²) in [6, 6.07) is 6.86. The van der Waals surface area contributed by atoms with Crippen molar-refractivity contribution in [3.63, 3.8) is 0 Å². The monoisotopic (exact) mass is 414 g/mol. The number of rotatable bonds is 8. The van der Waals surface area contributed by atoms with E-state index in [9.17, 15) is 9.59 Å². The number of unbranched alkanes of at least 4 members (excludes halogenated alkanes) is 1. The van der Waals surface area contributed by atoms with Crippen LogP contribution in [-0.4, -0.2) is 24.2 Å². The Morgan fingerprint density at radius 1 is 1.13 bits per heavy atom. The standard InChI is InChI=1S/C24H34N2O4/c1-4-5-11-20-21(23(27)29-16(2)3)22(26-24(28)25-20)17-12-14-19(15-13-17)30-18-9-7-6-8-10-18/h12-16,18,22H,4-11H2,1-3H3,(H2,25,26,28). The van der Waals surface area contributed by atoms with Crippen molar-refractivity contribution in [3.8, 4) is 5.75 Å². The second kappa shape index (κ2) is 10.5. The van der Waals surface area contributed by atoms with Gasteiger partial charge >= 0.3 is 12.0 Å². The molecule has 1 aromatic carbocycles. The molecule has 1 heterocycles. The fourth-order valence-corrected chi connectivity index (χ4v) is 4.05. The van der Waals surface area contributed by atoms with Gasteiger partial charge in [0.15, 0.2) is 0 Å². The Hall–Kier alpha value is -2.50. The number of carbonyl (C=O) groups excluding carboxylic acids is 2. The van der Waals surface area contributed by atoms with Gasteiger partial charge in [-0.25, -0.2) is 9.59 Å². The predicted molar refractivity (Wildman–Crippen MR) is 116 cm³/mol. The summed E-state index contributed by atoms with van der Waals surface area (Å²) in [5.41, 5.74) is 1.97. The number of hydrogen-bond acceptors (Lipinski definition) is 4. The Labute approximate surface area is 179 Å². The van der Waals surface area contributed by atoms with Gasteiger partial charge in [0.2, 0.25) is 0 Å². The lowest BCUT2D eigenvalue weighted by Crippen LogP contribution is -2.46. The van der Waals surface area contributed by atoms with Crippen LogP contribution < -0.4 is 15.4 Å². The second-order valence-corrected chi connectivity index (χ2v) is 8.43. The highest BCUT2D eigenvalue weighted by Gasteiger charge is 2.33. The van der Waals surface area contributed by atoms with E-state index in [1.165, 1.54) is 19.3 Å². The van der Waals surface area contributed by atoms with Crippen molar-refractivity contribution < 1.29 is 19.1 Å². The average molecular weight is 415 g/mol. The van der Waals surface area contributed by atoms with E-state index in [0.717, 1.165) is 37.0 Å². The van der Waals surface area contributed by atoms with Gasteiger partial charge in [0.25, 0.3) is 0 Å². The summed E-state index contributed by atoms with van der Waals surface area (Å²) in [6.07, 6.45) is 8.45. The van der Waals surface area contributed by atoms with Crippen molar-refractivity contribution in [2.24, 2.45) is 0 Å². The maximum atomic E-state index is 12.9. The molecule has 2 N–H and O–H groups in total. The van der Waals surface area contributed by atoms with Crippen LogP contribution in [0, 0.1) is 0 Å². The lowest BCUT2D eigenvalue weighted by Gasteiger charge is -2.30. The van der Waals surface area contributed by atoms with Crippen LogP contribution in [0.25, 0.3) is 0 Å². The van der Waals surface area contributed by atoms with Gasteiger partial charge in [-0.3, -0.25) is 0 Å². The van der Waals surface area contributed by atoms with Gasteiger partial charge in [-0.1, -0.05) is 31.9 Å². The molecule has 2 aliphatic rings. The molecule has 0 spiro atoms. The number of nitrogens with one attached hydrogen (secondary N) is 2. The van der Waals surface area contributed by atoms with Gasteiger partial charge in [-0.15, -0.1) is 0 Å². The summed E-state index contributed by atoms with van der Waals surface area (Å²) >= 11 is 0. The maximum absolute atomic E-state index is 12.9. The van der Waals surface area contributed by atoms with Gasteiger partial charge in [-0.05, 0) is 70.1 Å². The first-order valence-electron chi connectivity index (χ1n) is 11.3. The smallest absolute Gasteiger partial charge is 0.338 e. The van der Waals surface area contributed by atoms with E-state index in [1.54, 1.807) is 0 Å². The van der Waals surface area contributed by atoms with Gasteiger partial charge in [0.1, 0.15) is 5.75 Å². The van der Waals surface area contributed by atoms with Crippen LogP contribution in [0.3, 0.4) is 0 Å². The van der Waals surface area contributed by atoms with E-state index >= 15 is 0 Å². The molecule has 0 radical (unpaired) electrons. The molecule has 6 heteroatoms. The number of allylic oxidation sites excluding steroid dienone is 1. The van der Waals surface area contributed by atoms with E-state index in [4.69, 9.17) is 9.47 Å². The molecule has 2 amide bonds. The van der Waals surface area contributed by atoms with Crippen LogP contribution in [-0.2, 0) is 9.53 Å². The molecule has 1 fully saturated rings. The van der Waals surface area contributed by atoms with Crippen molar-refractivity contribution in [1.29, 1.82) is 0 Å². The number of amides is 2. The summed E-state index contributed by atoms with van der Waals surface area (Å²) in [4.78, 5) is 25.2. The highest BCUT2D eigenvalue weighted by molar-refractivity contribution is 5.95. The first-order chi connectivity index (χ1) is 14.5. The zero-order valence-corrected chi connectivity index (χ0v) is 18.3. The second-order valence-electron chi connectivity index (χ2n) is 8.43. The molecule has 0 saturated heterocycles. The van der Waals surface area contributed by atoms with E-state index in [-0.39, 0.29) is 18.2 Å². The molecule has 1 unspecified atom stereocenters. The molecule has 1 atom stereocenters. The maximum Gasteiger partial charge on any atom is 0.338 e. The van der Waals surface area contributed by atoms with Gasteiger partial charge in [0.05, 0.1) is 23.8 Å². The van der Waals surface area contributed by atoms with Crippen molar-refractivity contribution in [2.75, 3.05) is 0 Å². The van der Waals surface area contributed by atoms with Gasteiger partial charge in [0, 0.05) is 5.70 Å². The Bertz CT molecular complexity index is 764. The Kier molecular flexibility index (Phi) is 7.77. The molecule has 0 aromatic heterocycles. The van der Waals surface area contributed by atoms with Crippen molar-refractivity contribution in [1.82, 2.24) is 10.6 Å². The highest BCUT2D eigenvalue weighted by Crippen LogP contribution is 2.31. The quantitative estimate of drug-likeness (QED) is 0.577. The number of carbonyl (C=O) groups is 2. The van der Waals surface area contributed by atoms with Crippen molar-refractivity contribution in [2.45, 2.75) is 90.4 Å². The van der Waals surface area contributed by atoms with E-state index < -0.39 is 12.0 Å². The SMILES string of the molecule is CCCCC1=C(C(=O)OC(C)C)C(c2ccc(OC3CCCCC3)cc2)NC(=O)N1. The van der Waals surface area contributed by atoms with Crippen LogP contribution in [0.15, 0.2) is 35.5 Å². The minimum Gasteiger partial charge on any atom is -0.490 e. The van der Waals surface area contributed by atoms with Crippen molar-refractivity contribution >= 4 is 12.0 Å². The fourth-order valence-electron chi connectivity index (χ4n) is 4.05. The molecular formula is C24H34N2O4. The summed E-state index contributed by atoms with van der Waals surface area (Å²) in [5, 5.41) is 5.72. The van der Waals surface area contributed by atoms with Crippen LogP contribution in [0.4, 0.5) is 4.79 Å². The van der Waals surface area contributed by atoms with Gasteiger partial charge in [-0.2, -0.15) is 0 Å². The van der Waals surface area contributed by atoms with Gasteiger partial charge < -0.3 is 20.1 Å². The molecule has 0 bridgehead atoms. The molecule has 1 aromatic rings. The fraction of sp³-hybridized carbons (Fsp3) is 0.583. The zero-order valence-electron chi connectivity index (χ0n) is 18.3. The Balaban J connectivity index is 1.84. The molecule has 1 aliphatic heterocycles. The summed E-state index contributed by atoms with van der Waals surface area (Å²) in [7, 11) is 0. The third-order valence-corrected chi connectivity index (χ3v) is 5.57. The first-order valence-corrected chi connectivity index (χ1v) is 11.3. The predicted octanol–water partition coefficient (Wildman–Crippen LogP) is 5.15. The number of urea groups is 1. The summed E-state index contributed by atoms with van der Waals surface area (Å²) < 4.78 is 11.6. The average Bonchev–Trinajstić information content (AvgIpc) is 2.72. The lowest BCUT2D eigenvalue weighted by atomic mass is 9.93. The molecule has 3 rings (SSSR count). The molecule has 30 heavy (non-hydrogen) atoms. The minimum atomic E-state index is -0.541. The van der Waals surface area contributed by atoms with Crippen LogP contribution in [0.1, 0.15) is 83.7 Å². The Morgan fingerprint density at radius 2 is 1.83 bits per heavy atom. The topological polar surface area (TPSA) is 76.7 Å². The zero-order chi connectivity index (χ0) is 21.5. The highest BCUT2D eigenvalue weighted by atomic mass is 16.5. The molecule has 1 saturated carbocycles. The van der Waals surface area contributed by atoms with E-state index in [1.807, 2.05) is 38.1 Å². The van der Waals surface area contributed by atoms with Crippen LogP contribution >= 0.6 is 0 Å². The third-order valence-electron chi connectivity index (χ3n) is 5.57. The number of esters is 1. The molecule has 1 aliphatic carbocycles. The lowest BCUT2D eigenvalue weighted by molar-refractivity contribution is -0.143. The Morgan fingerprint density at radius 3 is 2.47 bits per heavy atom.